The zero-order valence-electron chi connectivity index (χ0n) is 13.5. The zero-order valence-corrected chi connectivity index (χ0v) is 14.3. The van der Waals surface area contributed by atoms with Crippen molar-refractivity contribution in [3.05, 3.63) is 34.9 Å². The Kier molecular flexibility index (Phi) is 6.79. The lowest BCUT2D eigenvalue weighted by atomic mass is 9.97. The van der Waals surface area contributed by atoms with Crippen molar-refractivity contribution in [1.82, 2.24) is 4.90 Å². The molecule has 1 unspecified atom stereocenters. The third kappa shape index (κ3) is 5.34. The van der Waals surface area contributed by atoms with Crippen LogP contribution in [0.1, 0.15) is 55.3 Å². The third-order valence-corrected chi connectivity index (χ3v) is 4.62. The van der Waals surface area contributed by atoms with Gasteiger partial charge >= 0.3 is 5.97 Å². The van der Waals surface area contributed by atoms with E-state index in [1.165, 1.54) is 0 Å². The van der Waals surface area contributed by atoms with E-state index in [0.717, 1.165) is 19.3 Å². The van der Waals surface area contributed by atoms with Gasteiger partial charge in [-0.2, -0.15) is 0 Å². The molecule has 6 heteroatoms. The lowest BCUT2D eigenvalue weighted by Gasteiger charge is -2.35. The number of carboxylic acid groups (broad SMARTS) is 1. The number of ketones is 1. The van der Waals surface area contributed by atoms with Gasteiger partial charge in [0.1, 0.15) is 0 Å². The van der Waals surface area contributed by atoms with Crippen LogP contribution in [0.2, 0.25) is 5.02 Å². The molecule has 0 radical (unpaired) electrons. The summed E-state index contributed by atoms with van der Waals surface area (Å²) in [5.74, 6) is -0.989. The van der Waals surface area contributed by atoms with Gasteiger partial charge in [-0.3, -0.25) is 14.4 Å². The molecule has 1 aliphatic rings. The number of benzene rings is 1. The van der Waals surface area contributed by atoms with Gasteiger partial charge in [-0.1, -0.05) is 11.6 Å². The molecular weight excluding hydrogens is 330 g/mol. The second-order valence-corrected chi connectivity index (χ2v) is 6.54. The maximum atomic E-state index is 12.4. The minimum Gasteiger partial charge on any atom is -0.481 e. The maximum Gasteiger partial charge on any atom is 0.303 e. The monoisotopic (exact) mass is 351 g/mol. The van der Waals surface area contributed by atoms with Gasteiger partial charge in [-0.25, -0.2) is 0 Å². The Morgan fingerprint density at radius 3 is 2.46 bits per heavy atom. The first-order valence-electron chi connectivity index (χ1n) is 8.27. The van der Waals surface area contributed by atoms with Crippen molar-refractivity contribution in [1.29, 1.82) is 0 Å². The average molecular weight is 352 g/mol. The number of carbonyl (C=O) groups excluding carboxylic acids is 2. The van der Waals surface area contributed by atoms with E-state index in [-0.39, 0.29) is 37.0 Å². The van der Waals surface area contributed by atoms with Crippen molar-refractivity contribution in [2.75, 3.05) is 6.54 Å². The topological polar surface area (TPSA) is 74.7 Å². The van der Waals surface area contributed by atoms with Crippen LogP contribution in [0.5, 0.6) is 0 Å². The molecule has 1 aromatic rings. The first kappa shape index (κ1) is 18.5. The molecule has 0 saturated carbocycles. The molecule has 1 N–H and O–H groups in total. The Morgan fingerprint density at radius 1 is 1.08 bits per heavy atom. The fraction of sp³-hybridized carbons (Fsp3) is 0.500. The SMILES string of the molecule is O=C(O)CCC1CCCCN1C(=O)CCC(=O)c1ccc(Cl)cc1. The fourth-order valence-corrected chi connectivity index (χ4v) is 3.19. The Bertz CT molecular complexity index is 600. The molecule has 2 rings (SSSR count). The number of nitrogens with zero attached hydrogens (tertiary/aromatic N) is 1. The first-order chi connectivity index (χ1) is 11.5. The lowest BCUT2D eigenvalue weighted by Crippen LogP contribution is -2.44. The van der Waals surface area contributed by atoms with E-state index in [1.54, 1.807) is 29.2 Å². The zero-order chi connectivity index (χ0) is 17.5. The molecule has 0 bridgehead atoms. The summed E-state index contributed by atoms with van der Waals surface area (Å²) in [6.07, 6.45) is 3.64. The third-order valence-electron chi connectivity index (χ3n) is 4.37. The summed E-state index contributed by atoms with van der Waals surface area (Å²) < 4.78 is 0. The van der Waals surface area contributed by atoms with Crippen LogP contribution < -0.4 is 0 Å². The van der Waals surface area contributed by atoms with E-state index >= 15 is 0 Å². The molecule has 130 valence electrons. The van der Waals surface area contributed by atoms with Crippen LogP contribution in [0.15, 0.2) is 24.3 Å². The van der Waals surface area contributed by atoms with Crippen molar-refractivity contribution in [2.45, 2.75) is 51.0 Å². The van der Waals surface area contributed by atoms with Crippen molar-refractivity contribution in [2.24, 2.45) is 0 Å². The van der Waals surface area contributed by atoms with Crippen LogP contribution in [-0.4, -0.2) is 40.3 Å². The summed E-state index contributed by atoms with van der Waals surface area (Å²) in [6, 6.07) is 6.61. The molecule has 0 spiro atoms. The number of likely N-dealkylation sites (tertiary alicyclic amines) is 1. The van der Waals surface area contributed by atoms with Gasteiger partial charge in [0.25, 0.3) is 0 Å². The molecule has 1 heterocycles. The van der Waals surface area contributed by atoms with Crippen LogP contribution >= 0.6 is 11.6 Å². The molecule has 1 saturated heterocycles. The summed E-state index contributed by atoms with van der Waals surface area (Å²) in [7, 11) is 0. The summed E-state index contributed by atoms with van der Waals surface area (Å²) in [5, 5.41) is 9.40. The van der Waals surface area contributed by atoms with Crippen LogP contribution in [0.4, 0.5) is 0 Å². The van der Waals surface area contributed by atoms with Gasteiger partial charge in [0.2, 0.25) is 5.91 Å². The summed E-state index contributed by atoms with van der Waals surface area (Å²) in [4.78, 5) is 37.1. The van der Waals surface area contributed by atoms with E-state index in [1.807, 2.05) is 0 Å². The predicted octanol–water partition coefficient (Wildman–Crippen LogP) is 3.55. The standard InChI is InChI=1S/C18H22ClNO4/c19-14-6-4-13(5-7-14)16(21)9-10-17(22)20-12-2-1-3-15(20)8-11-18(23)24/h4-7,15H,1-3,8-12H2,(H,23,24). The number of aliphatic carboxylic acids is 1. The smallest absolute Gasteiger partial charge is 0.303 e. The van der Waals surface area contributed by atoms with Gasteiger partial charge < -0.3 is 10.0 Å². The molecule has 5 nitrogen and oxygen atoms in total. The van der Waals surface area contributed by atoms with Crippen LogP contribution in [-0.2, 0) is 9.59 Å². The minimum atomic E-state index is -0.842. The van der Waals surface area contributed by atoms with Gasteiger partial charge in [0.05, 0.1) is 0 Å². The lowest BCUT2D eigenvalue weighted by molar-refractivity contribution is -0.140. The molecule has 1 aliphatic heterocycles. The Hall–Kier alpha value is -1.88. The number of hydrogen-bond acceptors (Lipinski definition) is 3. The van der Waals surface area contributed by atoms with Gasteiger partial charge in [-0.15, -0.1) is 0 Å². The van der Waals surface area contributed by atoms with Crippen molar-refractivity contribution in [3.63, 3.8) is 0 Å². The van der Waals surface area contributed by atoms with Crippen molar-refractivity contribution in [3.8, 4) is 0 Å². The summed E-state index contributed by atoms with van der Waals surface area (Å²) >= 11 is 5.80. The number of Topliss-reactive ketones (excluding diaryl/α,β-unsaturated/α-hetero) is 1. The maximum absolute atomic E-state index is 12.4. The Labute approximate surface area is 146 Å². The van der Waals surface area contributed by atoms with E-state index < -0.39 is 5.97 Å². The quantitative estimate of drug-likeness (QED) is 0.762. The molecule has 1 aromatic carbocycles. The van der Waals surface area contributed by atoms with E-state index in [2.05, 4.69) is 0 Å². The van der Waals surface area contributed by atoms with E-state index in [0.29, 0.717) is 23.6 Å². The summed E-state index contributed by atoms with van der Waals surface area (Å²) in [6.45, 7) is 0.651. The second-order valence-electron chi connectivity index (χ2n) is 6.10. The number of carbonyl (C=O) groups is 3. The summed E-state index contributed by atoms with van der Waals surface area (Å²) in [5.41, 5.74) is 0.549. The number of carboxylic acids is 1. The number of rotatable bonds is 7. The van der Waals surface area contributed by atoms with E-state index in [9.17, 15) is 14.4 Å². The minimum absolute atomic E-state index is 0.0204. The number of amides is 1. The highest BCUT2D eigenvalue weighted by Gasteiger charge is 2.27. The Morgan fingerprint density at radius 2 is 1.79 bits per heavy atom. The van der Waals surface area contributed by atoms with Crippen LogP contribution in [0, 0.1) is 0 Å². The second kappa shape index (κ2) is 8.83. The fourth-order valence-electron chi connectivity index (χ4n) is 3.06. The highest BCUT2D eigenvalue weighted by molar-refractivity contribution is 6.30. The Balaban J connectivity index is 1.88. The largest absolute Gasteiger partial charge is 0.481 e. The first-order valence-corrected chi connectivity index (χ1v) is 8.65. The highest BCUT2D eigenvalue weighted by atomic mass is 35.5. The molecular formula is C18H22ClNO4. The molecule has 1 atom stereocenters. The molecule has 0 aliphatic carbocycles. The molecule has 1 fully saturated rings. The van der Waals surface area contributed by atoms with E-state index in [4.69, 9.17) is 16.7 Å². The van der Waals surface area contributed by atoms with Crippen molar-refractivity contribution >= 4 is 29.3 Å². The number of hydrogen-bond donors (Lipinski definition) is 1. The van der Waals surface area contributed by atoms with Gasteiger partial charge in [0, 0.05) is 42.4 Å². The number of piperidine rings is 1. The van der Waals surface area contributed by atoms with Gasteiger partial charge in [-0.05, 0) is 49.9 Å². The number of halogens is 1. The highest BCUT2D eigenvalue weighted by Crippen LogP contribution is 2.22. The molecule has 0 aromatic heterocycles. The molecule has 1 amide bonds. The average Bonchev–Trinajstić information content (AvgIpc) is 2.58. The molecule has 24 heavy (non-hydrogen) atoms. The van der Waals surface area contributed by atoms with Crippen molar-refractivity contribution < 1.29 is 19.5 Å². The normalized spacial score (nSPS) is 17.5. The van der Waals surface area contributed by atoms with Crippen LogP contribution in [0.3, 0.4) is 0 Å². The van der Waals surface area contributed by atoms with Crippen LogP contribution in [0.25, 0.3) is 0 Å². The van der Waals surface area contributed by atoms with Gasteiger partial charge in [0.15, 0.2) is 5.78 Å². The predicted molar refractivity (Wildman–Crippen MR) is 91.2 cm³/mol.